The second-order valence-corrected chi connectivity index (χ2v) is 7.62. The van der Waals surface area contributed by atoms with Crippen molar-refractivity contribution in [3.05, 3.63) is 71.6 Å². The molecule has 1 aromatic heterocycles. The lowest BCUT2D eigenvalue weighted by molar-refractivity contribution is -0.122. The highest BCUT2D eigenvalue weighted by atomic mass is 35.5. The molecule has 1 saturated heterocycles. The molecule has 0 spiro atoms. The summed E-state index contributed by atoms with van der Waals surface area (Å²) in [6, 6.07) is 15.0. The minimum atomic E-state index is -0.572. The number of carbonyl (C=O) groups excluding carboxylic acids is 3. The molecule has 1 aliphatic rings. The predicted octanol–water partition coefficient (Wildman–Crippen LogP) is 4.19. The second kappa shape index (κ2) is 9.15. The number of furan rings is 1. The Hall–Kier alpha value is -3.78. The van der Waals surface area contributed by atoms with Gasteiger partial charge >= 0.3 is 0 Å². The average Bonchev–Trinajstić information content (AvgIpc) is 3.45. The summed E-state index contributed by atoms with van der Waals surface area (Å²) in [6.07, 6.45) is 1.45. The summed E-state index contributed by atoms with van der Waals surface area (Å²) in [5.41, 5.74) is 1.30. The van der Waals surface area contributed by atoms with Crippen molar-refractivity contribution in [2.75, 3.05) is 29.2 Å². The van der Waals surface area contributed by atoms with Crippen LogP contribution < -0.4 is 20.3 Å². The lowest BCUT2D eigenvalue weighted by Gasteiger charge is -2.19. The average molecular weight is 454 g/mol. The molecule has 164 valence electrons. The van der Waals surface area contributed by atoms with Crippen LogP contribution in [0.5, 0.6) is 5.75 Å². The fourth-order valence-electron chi connectivity index (χ4n) is 3.52. The minimum Gasteiger partial charge on any atom is -0.495 e. The molecule has 32 heavy (non-hydrogen) atoms. The Morgan fingerprint density at radius 2 is 1.91 bits per heavy atom. The molecular weight excluding hydrogens is 434 g/mol. The minimum absolute atomic E-state index is 0.0611. The largest absolute Gasteiger partial charge is 0.495 e. The number of amides is 3. The van der Waals surface area contributed by atoms with Gasteiger partial charge in [-0.2, -0.15) is 0 Å². The first kappa shape index (κ1) is 21.5. The summed E-state index contributed by atoms with van der Waals surface area (Å²) in [7, 11) is 1.53. The van der Waals surface area contributed by atoms with Gasteiger partial charge in [-0.1, -0.05) is 23.7 Å². The molecule has 1 fully saturated rings. The van der Waals surface area contributed by atoms with E-state index in [1.54, 1.807) is 41.3 Å². The summed E-state index contributed by atoms with van der Waals surface area (Å²) in [4.78, 5) is 39.5. The molecule has 9 heteroatoms. The van der Waals surface area contributed by atoms with Crippen molar-refractivity contribution < 1.29 is 23.5 Å². The van der Waals surface area contributed by atoms with Crippen LogP contribution >= 0.6 is 11.6 Å². The first-order valence-corrected chi connectivity index (χ1v) is 10.2. The summed E-state index contributed by atoms with van der Waals surface area (Å²) in [5.74, 6) is -0.884. The van der Waals surface area contributed by atoms with Gasteiger partial charge in [0, 0.05) is 18.0 Å². The number of para-hydroxylation sites is 2. The zero-order chi connectivity index (χ0) is 22.7. The number of benzene rings is 2. The SMILES string of the molecule is COc1ccccc1N1CC(C(=O)Nc2ccc(Cl)cc2NC(=O)c2ccco2)CC1=O. The van der Waals surface area contributed by atoms with Gasteiger partial charge in [0.05, 0.1) is 36.4 Å². The van der Waals surface area contributed by atoms with E-state index in [0.29, 0.717) is 27.8 Å². The fraction of sp³-hybridized carbons (Fsp3) is 0.174. The molecule has 3 amide bonds. The molecule has 3 aromatic rings. The van der Waals surface area contributed by atoms with Gasteiger partial charge < -0.3 is 24.7 Å². The van der Waals surface area contributed by atoms with E-state index in [1.165, 1.54) is 25.5 Å². The van der Waals surface area contributed by atoms with E-state index in [-0.39, 0.29) is 30.5 Å². The molecule has 1 unspecified atom stereocenters. The van der Waals surface area contributed by atoms with Gasteiger partial charge in [-0.3, -0.25) is 14.4 Å². The molecule has 1 atom stereocenters. The van der Waals surface area contributed by atoms with Crippen molar-refractivity contribution in [1.29, 1.82) is 0 Å². The monoisotopic (exact) mass is 453 g/mol. The number of carbonyl (C=O) groups is 3. The lowest BCUT2D eigenvalue weighted by Crippen LogP contribution is -2.28. The molecule has 2 N–H and O–H groups in total. The quantitative estimate of drug-likeness (QED) is 0.583. The first-order chi connectivity index (χ1) is 15.5. The lowest BCUT2D eigenvalue weighted by atomic mass is 10.1. The van der Waals surface area contributed by atoms with Crippen LogP contribution in [0.1, 0.15) is 17.0 Å². The van der Waals surface area contributed by atoms with Crippen molar-refractivity contribution in [3.63, 3.8) is 0 Å². The van der Waals surface area contributed by atoms with Crippen molar-refractivity contribution in [1.82, 2.24) is 0 Å². The third kappa shape index (κ3) is 4.45. The van der Waals surface area contributed by atoms with Crippen molar-refractivity contribution in [2.24, 2.45) is 5.92 Å². The number of anilines is 3. The zero-order valence-corrected chi connectivity index (χ0v) is 17.9. The molecule has 0 saturated carbocycles. The molecule has 8 nitrogen and oxygen atoms in total. The van der Waals surface area contributed by atoms with Crippen LogP contribution in [-0.4, -0.2) is 31.4 Å². The van der Waals surface area contributed by atoms with Gasteiger partial charge in [0.15, 0.2) is 5.76 Å². The number of nitrogens with one attached hydrogen (secondary N) is 2. The summed E-state index contributed by atoms with van der Waals surface area (Å²) < 4.78 is 10.4. The highest BCUT2D eigenvalue weighted by Gasteiger charge is 2.36. The fourth-order valence-corrected chi connectivity index (χ4v) is 3.70. The Labute approximate surface area is 189 Å². The molecule has 2 aromatic carbocycles. The molecular formula is C23H20ClN3O5. The number of halogens is 1. The van der Waals surface area contributed by atoms with Gasteiger partial charge in [0.25, 0.3) is 5.91 Å². The van der Waals surface area contributed by atoms with Crippen LogP contribution in [0.4, 0.5) is 17.1 Å². The van der Waals surface area contributed by atoms with Crippen LogP contribution in [0.3, 0.4) is 0 Å². The molecule has 0 bridgehead atoms. The van der Waals surface area contributed by atoms with E-state index in [0.717, 1.165) is 0 Å². The van der Waals surface area contributed by atoms with Crippen molar-refractivity contribution >= 4 is 46.4 Å². The van der Waals surface area contributed by atoms with Crippen molar-refractivity contribution in [2.45, 2.75) is 6.42 Å². The Kier molecular flexibility index (Phi) is 6.13. The van der Waals surface area contributed by atoms with Crippen LogP contribution in [0.2, 0.25) is 5.02 Å². The number of hydrogen-bond acceptors (Lipinski definition) is 5. The van der Waals surface area contributed by atoms with E-state index < -0.39 is 11.8 Å². The number of hydrogen-bond donors (Lipinski definition) is 2. The summed E-state index contributed by atoms with van der Waals surface area (Å²) in [6.45, 7) is 0.215. The maximum absolute atomic E-state index is 13.0. The maximum atomic E-state index is 13.0. The van der Waals surface area contributed by atoms with Gasteiger partial charge in [0.2, 0.25) is 11.8 Å². The van der Waals surface area contributed by atoms with E-state index in [9.17, 15) is 14.4 Å². The van der Waals surface area contributed by atoms with Gasteiger partial charge in [0.1, 0.15) is 5.75 Å². The number of methoxy groups -OCH3 is 1. The number of ether oxygens (including phenoxy) is 1. The Balaban J connectivity index is 1.50. The van der Waals surface area contributed by atoms with E-state index in [2.05, 4.69) is 10.6 Å². The molecule has 0 aliphatic carbocycles. The van der Waals surface area contributed by atoms with Gasteiger partial charge in [-0.05, 0) is 42.5 Å². The topological polar surface area (TPSA) is 101 Å². The zero-order valence-electron chi connectivity index (χ0n) is 17.1. The van der Waals surface area contributed by atoms with Crippen LogP contribution in [0.15, 0.2) is 65.3 Å². The molecule has 0 radical (unpaired) electrons. The standard InChI is InChI=1S/C23H20ClN3O5/c1-31-19-6-3-2-5-18(19)27-13-14(11-21(27)28)22(29)25-16-9-8-15(24)12-17(16)26-23(30)20-7-4-10-32-20/h2-10,12,14H,11,13H2,1H3,(H,25,29)(H,26,30). The predicted molar refractivity (Wildman–Crippen MR) is 120 cm³/mol. The third-order valence-corrected chi connectivity index (χ3v) is 5.34. The normalized spacial score (nSPS) is 15.5. The third-order valence-electron chi connectivity index (χ3n) is 5.10. The first-order valence-electron chi connectivity index (χ1n) is 9.85. The van der Waals surface area contributed by atoms with Gasteiger partial charge in [-0.15, -0.1) is 0 Å². The van der Waals surface area contributed by atoms with Crippen molar-refractivity contribution in [3.8, 4) is 5.75 Å². The molecule has 1 aliphatic heterocycles. The molecule has 4 rings (SSSR count). The van der Waals surface area contributed by atoms with Crippen LogP contribution in [0, 0.1) is 5.92 Å². The number of nitrogens with zero attached hydrogens (tertiary/aromatic N) is 1. The summed E-state index contributed by atoms with van der Waals surface area (Å²) in [5, 5.41) is 5.87. The Morgan fingerprint density at radius 1 is 1.09 bits per heavy atom. The Morgan fingerprint density at radius 3 is 2.66 bits per heavy atom. The van der Waals surface area contributed by atoms with E-state index >= 15 is 0 Å². The maximum Gasteiger partial charge on any atom is 0.291 e. The van der Waals surface area contributed by atoms with Gasteiger partial charge in [-0.25, -0.2) is 0 Å². The highest BCUT2D eigenvalue weighted by Crippen LogP contribution is 2.34. The van der Waals surface area contributed by atoms with E-state index in [4.69, 9.17) is 20.8 Å². The molecule has 2 heterocycles. The van der Waals surface area contributed by atoms with Crippen LogP contribution in [-0.2, 0) is 9.59 Å². The van der Waals surface area contributed by atoms with E-state index in [1.807, 2.05) is 6.07 Å². The highest BCUT2D eigenvalue weighted by molar-refractivity contribution is 6.31. The number of rotatable bonds is 6. The second-order valence-electron chi connectivity index (χ2n) is 7.19. The smallest absolute Gasteiger partial charge is 0.291 e. The van der Waals surface area contributed by atoms with Crippen LogP contribution in [0.25, 0.3) is 0 Å². The summed E-state index contributed by atoms with van der Waals surface area (Å²) >= 11 is 6.07. The Bertz CT molecular complexity index is 1160.